The maximum absolute atomic E-state index is 12.1. The molecule has 1 aliphatic rings. The third-order valence-corrected chi connectivity index (χ3v) is 5.99. The first kappa shape index (κ1) is 18.9. The van der Waals surface area contributed by atoms with Gasteiger partial charge in [-0.3, -0.25) is 0 Å². The Morgan fingerprint density at radius 3 is 2.64 bits per heavy atom. The molecule has 7 heteroatoms. The smallest absolute Gasteiger partial charge is 0.0843 e. The predicted octanol–water partition coefficient (Wildman–Crippen LogP) is 2.75. The van der Waals surface area contributed by atoms with Gasteiger partial charge in [-0.1, -0.05) is 11.6 Å². The fourth-order valence-corrected chi connectivity index (χ4v) is 4.27. The summed E-state index contributed by atoms with van der Waals surface area (Å²) in [4.78, 5) is 18.9. The van der Waals surface area contributed by atoms with E-state index in [0.717, 1.165) is 63.7 Å². The minimum absolute atomic E-state index is 0.0583. The first-order valence-corrected chi connectivity index (χ1v) is 11.0. The molecule has 0 unspecified atom stereocenters. The van der Waals surface area contributed by atoms with Crippen LogP contribution in [0.4, 0.5) is 5.69 Å². The van der Waals surface area contributed by atoms with Crippen molar-refractivity contribution in [3.63, 3.8) is 0 Å². The van der Waals surface area contributed by atoms with E-state index in [2.05, 4.69) is 23.8 Å². The van der Waals surface area contributed by atoms with Crippen molar-refractivity contribution < 1.29 is 4.79 Å². The predicted molar refractivity (Wildman–Crippen MR) is 101 cm³/mol. The van der Waals surface area contributed by atoms with Crippen LogP contribution in [0.25, 0.3) is 0 Å². The fourth-order valence-electron chi connectivity index (χ4n) is 3.21. The Labute approximate surface area is 169 Å². The van der Waals surface area contributed by atoms with Crippen molar-refractivity contribution >= 4 is 49.3 Å². The average Bonchev–Trinajstić information content (AvgIpc) is 3.01. The number of aromatic nitrogens is 2. The molecule has 3 rings (SSSR count). The molecule has 1 aliphatic heterocycles. The van der Waals surface area contributed by atoms with Gasteiger partial charge < -0.3 is 0 Å². The van der Waals surface area contributed by atoms with Crippen molar-refractivity contribution in [2.45, 2.75) is 25.7 Å². The molecule has 1 saturated heterocycles. The minimum atomic E-state index is 0.0583. The normalized spacial score (nSPS) is 16.0. The molecule has 25 heavy (non-hydrogen) atoms. The number of nitrogens with one attached hydrogen (secondary N) is 1. The molecule has 5 nitrogen and oxygen atoms in total. The fraction of sp³-hybridized carbons (Fsp3) is 0.444. The Balaban J connectivity index is 1.36. The number of rotatable bonds is 6. The molecule has 0 bridgehead atoms. The zero-order chi connectivity index (χ0) is 17.6. The van der Waals surface area contributed by atoms with E-state index in [4.69, 9.17) is 11.6 Å². The van der Waals surface area contributed by atoms with E-state index < -0.39 is 0 Å². The van der Waals surface area contributed by atoms with Crippen molar-refractivity contribution in [3.05, 3.63) is 47.5 Å². The summed E-state index contributed by atoms with van der Waals surface area (Å²) in [7, 11) is 0. The summed E-state index contributed by atoms with van der Waals surface area (Å²) in [5.74, 6) is 0.780. The van der Waals surface area contributed by atoms with Gasteiger partial charge in [-0.15, -0.1) is 0 Å². The summed E-state index contributed by atoms with van der Waals surface area (Å²) in [5, 5.41) is 3.60. The number of imidazole rings is 1. The molecule has 1 aromatic carbocycles. The van der Waals surface area contributed by atoms with Crippen LogP contribution in [0.5, 0.6) is 0 Å². The third-order valence-electron chi connectivity index (χ3n) is 4.64. The summed E-state index contributed by atoms with van der Waals surface area (Å²) >= 11 is 6.65. The molecule has 2 heterocycles. The van der Waals surface area contributed by atoms with Crippen LogP contribution in [0, 0.1) is 5.92 Å². The molecule has 0 radical (unpaired) electrons. The van der Waals surface area contributed by atoms with Gasteiger partial charge in [0.25, 0.3) is 0 Å². The van der Waals surface area contributed by atoms with Crippen LogP contribution < -0.4 is 5.32 Å². The second kappa shape index (κ2) is 9.14. The summed E-state index contributed by atoms with van der Waals surface area (Å²) < 4.78 is 2.17. The topological polar surface area (TPSA) is 50.2 Å². The number of piperidine rings is 1. The van der Waals surface area contributed by atoms with Gasteiger partial charge in [0.05, 0.1) is 0 Å². The van der Waals surface area contributed by atoms with Gasteiger partial charge in [0, 0.05) is 10.7 Å². The maximum atomic E-state index is 12.1. The van der Waals surface area contributed by atoms with E-state index in [0.29, 0.717) is 11.4 Å². The average molecular weight is 550 g/mol. The van der Waals surface area contributed by atoms with Gasteiger partial charge in [-0.05, 0) is 24.3 Å². The Morgan fingerprint density at radius 2 is 2.00 bits per heavy atom. The van der Waals surface area contributed by atoms with Gasteiger partial charge in [0.15, 0.2) is 0 Å². The molecule has 0 saturated carbocycles. The molecular formula is C18H22ClN4OTl. The molecule has 1 amide bonds. The zero-order valence-electron chi connectivity index (χ0n) is 14.2. The SMILES string of the molecule is O=C(CCN1CCC(Cc2c[n]([Tl])cn2)CC1)Nc1ccc(Cl)cc1. The van der Waals surface area contributed by atoms with Gasteiger partial charge in [0.2, 0.25) is 0 Å². The van der Waals surface area contributed by atoms with Crippen LogP contribution >= 0.6 is 11.6 Å². The second-order valence-electron chi connectivity index (χ2n) is 6.61. The van der Waals surface area contributed by atoms with Crippen LogP contribution in [0.15, 0.2) is 36.8 Å². The number of halogens is 1. The molecule has 0 atom stereocenters. The van der Waals surface area contributed by atoms with E-state index in [9.17, 15) is 4.79 Å². The van der Waals surface area contributed by atoms with Gasteiger partial charge >= 0.3 is 124 Å². The number of hydrogen-bond acceptors (Lipinski definition) is 3. The first-order chi connectivity index (χ1) is 12.1. The zero-order valence-corrected chi connectivity index (χ0v) is 19.4. The van der Waals surface area contributed by atoms with Crippen molar-refractivity contribution in [3.8, 4) is 0 Å². The Bertz CT molecular complexity index is 695. The van der Waals surface area contributed by atoms with Crippen LogP contribution in [0.2, 0.25) is 5.02 Å². The van der Waals surface area contributed by atoms with E-state index in [1.54, 1.807) is 12.1 Å². The Kier molecular flexibility index (Phi) is 6.89. The molecule has 2 aromatic rings. The van der Waals surface area contributed by atoms with Crippen LogP contribution in [0.3, 0.4) is 0 Å². The van der Waals surface area contributed by atoms with Crippen molar-refractivity contribution in [2.75, 3.05) is 25.0 Å². The number of nitrogens with zero attached hydrogens (tertiary/aromatic N) is 3. The molecule has 130 valence electrons. The van der Waals surface area contributed by atoms with Gasteiger partial charge in [-0.25, -0.2) is 0 Å². The van der Waals surface area contributed by atoms with Crippen molar-refractivity contribution in [1.29, 1.82) is 0 Å². The van der Waals surface area contributed by atoms with E-state index in [1.165, 1.54) is 18.5 Å². The quantitative estimate of drug-likeness (QED) is 0.564. The van der Waals surface area contributed by atoms with Gasteiger partial charge in [-0.2, -0.15) is 0 Å². The number of anilines is 1. The van der Waals surface area contributed by atoms with Crippen molar-refractivity contribution in [1.82, 2.24) is 12.3 Å². The molecule has 0 spiro atoms. The number of hydrogen-bond donors (Lipinski definition) is 1. The number of amides is 1. The first-order valence-electron chi connectivity index (χ1n) is 8.64. The van der Waals surface area contributed by atoms with Crippen molar-refractivity contribution in [2.24, 2.45) is 5.92 Å². The molecule has 0 aliphatic carbocycles. The van der Waals surface area contributed by atoms with E-state index >= 15 is 0 Å². The van der Waals surface area contributed by atoms with Crippen LogP contribution in [-0.4, -0.2) is 63.9 Å². The standard InChI is InChI=1S/C18H23ClN4O.Tl/c19-15-1-3-16(4-2-15)22-18(24)7-10-23-8-5-14(6-9-23)11-17-12-20-13-21-17;/h1-4,12-14H,5-11H2,(H2,20,21,22,24);/q;+1/p-1. The van der Waals surface area contributed by atoms with Crippen LogP contribution in [0.1, 0.15) is 25.0 Å². The molecule has 1 aromatic heterocycles. The Morgan fingerprint density at radius 1 is 1.28 bits per heavy atom. The van der Waals surface area contributed by atoms with E-state index in [1.807, 2.05) is 18.5 Å². The number of carbonyl (C=O) groups is 1. The Hall–Kier alpha value is -0.928. The summed E-state index contributed by atoms with van der Waals surface area (Å²) in [6.07, 6.45) is 8.11. The summed E-state index contributed by atoms with van der Waals surface area (Å²) in [6, 6.07) is 7.22. The number of benzene rings is 1. The van der Waals surface area contributed by atoms with Gasteiger partial charge in [0.1, 0.15) is 0 Å². The third kappa shape index (κ3) is 6.07. The number of carbonyl (C=O) groups excluding carboxylic acids is 1. The second-order valence-corrected chi connectivity index (χ2v) is 9.36. The molecular weight excluding hydrogens is 528 g/mol. The van der Waals surface area contributed by atoms with Crippen LogP contribution in [-0.2, 0) is 11.2 Å². The summed E-state index contributed by atoms with van der Waals surface area (Å²) in [5.41, 5.74) is 2.02. The molecule has 1 fully saturated rings. The summed E-state index contributed by atoms with van der Waals surface area (Å²) in [6.45, 7) is 2.97. The minimum Gasteiger partial charge on any atom is -0.0843 e. The monoisotopic (exact) mass is 550 g/mol. The van der Waals surface area contributed by atoms with E-state index in [-0.39, 0.29) is 5.91 Å². The number of likely N-dealkylation sites (tertiary alicyclic amines) is 1. The molecule has 1 N–H and O–H groups in total.